The van der Waals surface area contributed by atoms with Crippen LogP contribution in [0.1, 0.15) is 73.1 Å². The number of allylic oxidation sites excluding steroid dienone is 2. The Bertz CT molecular complexity index is 554. The zero-order chi connectivity index (χ0) is 16.3. The number of carbonyl (C=O) groups is 2. The van der Waals surface area contributed by atoms with Gasteiger partial charge in [0.15, 0.2) is 5.78 Å². The van der Waals surface area contributed by atoms with Gasteiger partial charge in [0.25, 0.3) is 0 Å². The van der Waals surface area contributed by atoms with E-state index in [1.807, 2.05) is 0 Å². The highest BCUT2D eigenvalue weighted by atomic mass is 16.1. The molecule has 0 aromatic carbocycles. The molecule has 3 aliphatic carbocycles. The number of hydrogen-bond donors (Lipinski definition) is 0. The Morgan fingerprint density at radius 1 is 1.14 bits per heavy atom. The van der Waals surface area contributed by atoms with E-state index in [1.165, 1.54) is 12.8 Å². The van der Waals surface area contributed by atoms with Crippen molar-refractivity contribution in [3.63, 3.8) is 0 Å². The third kappa shape index (κ3) is 1.91. The van der Waals surface area contributed by atoms with Gasteiger partial charge in [-0.3, -0.25) is 9.59 Å². The van der Waals surface area contributed by atoms with Gasteiger partial charge in [0, 0.05) is 12.8 Å². The summed E-state index contributed by atoms with van der Waals surface area (Å²) in [6.45, 7) is 11.2. The van der Waals surface area contributed by atoms with Gasteiger partial charge in [0.05, 0.1) is 5.41 Å². The lowest BCUT2D eigenvalue weighted by Gasteiger charge is -2.60. The number of hydrogen-bond acceptors (Lipinski definition) is 2. The molecule has 2 nitrogen and oxygen atoms in total. The zero-order valence-electron chi connectivity index (χ0n) is 14.8. The van der Waals surface area contributed by atoms with E-state index in [9.17, 15) is 9.59 Å². The summed E-state index contributed by atoms with van der Waals surface area (Å²) in [7, 11) is 0. The normalized spacial score (nSPS) is 41.0. The number of rotatable bonds is 1. The first-order valence-electron chi connectivity index (χ1n) is 8.93. The lowest BCUT2D eigenvalue weighted by atomic mass is 9.42. The molecule has 122 valence electrons. The first-order chi connectivity index (χ1) is 10.1. The van der Waals surface area contributed by atoms with Gasteiger partial charge >= 0.3 is 0 Å². The van der Waals surface area contributed by atoms with Crippen LogP contribution in [0.5, 0.6) is 0 Å². The Kier molecular flexibility index (Phi) is 3.47. The molecule has 0 aliphatic heterocycles. The van der Waals surface area contributed by atoms with Crippen LogP contribution in [0, 0.1) is 28.1 Å². The summed E-state index contributed by atoms with van der Waals surface area (Å²) in [6, 6.07) is 0. The Labute approximate surface area is 134 Å². The van der Waals surface area contributed by atoms with Crippen molar-refractivity contribution in [1.29, 1.82) is 0 Å². The van der Waals surface area contributed by atoms with E-state index in [4.69, 9.17) is 0 Å². The van der Waals surface area contributed by atoms with E-state index in [0.717, 1.165) is 18.4 Å². The van der Waals surface area contributed by atoms with Gasteiger partial charge in [-0.2, -0.15) is 0 Å². The molecule has 2 heteroatoms. The molecule has 0 saturated heterocycles. The molecule has 2 fully saturated rings. The van der Waals surface area contributed by atoms with E-state index in [2.05, 4.69) is 40.7 Å². The van der Waals surface area contributed by atoms with Gasteiger partial charge < -0.3 is 0 Å². The molecule has 1 spiro atoms. The van der Waals surface area contributed by atoms with E-state index in [0.29, 0.717) is 24.5 Å². The molecule has 0 unspecified atom stereocenters. The summed E-state index contributed by atoms with van der Waals surface area (Å²) in [5.74, 6) is 1.31. The summed E-state index contributed by atoms with van der Waals surface area (Å²) < 4.78 is 0. The second-order valence-corrected chi connectivity index (χ2v) is 9.10. The molecule has 3 aliphatic rings. The van der Waals surface area contributed by atoms with Crippen molar-refractivity contribution in [1.82, 2.24) is 0 Å². The maximum absolute atomic E-state index is 13.0. The van der Waals surface area contributed by atoms with Crippen molar-refractivity contribution in [2.75, 3.05) is 0 Å². The Morgan fingerprint density at radius 2 is 1.82 bits per heavy atom. The van der Waals surface area contributed by atoms with E-state index < -0.39 is 5.41 Å². The second kappa shape index (κ2) is 4.79. The molecule has 3 rings (SSSR count). The maximum atomic E-state index is 13.0. The summed E-state index contributed by atoms with van der Waals surface area (Å²) in [6.07, 6.45) is 7.71. The standard InChI is InChI=1S/C20H30O2/c1-13(2)14-11-20(12-15(14)21)17(22)8-7-16-18(3,4)9-6-10-19(16,20)5/h11,13,16H,6-10,12H2,1-5H3/t16-,19-,20-/m0/s1. The van der Waals surface area contributed by atoms with Gasteiger partial charge in [-0.25, -0.2) is 0 Å². The molecular weight excluding hydrogens is 272 g/mol. The Hall–Kier alpha value is -0.920. The highest BCUT2D eigenvalue weighted by Gasteiger charge is 2.64. The molecule has 0 N–H and O–H groups in total. The minimum Gasteiger partial charge on any atom is -0.299 e. The van der Waals surface area contributed by atoms with Gasteiger partial charge in [-0.15, -0.1) is 0 Å². The fraction of sp³-hybridized carbons (Fsp3) is 0.800. The summed E-state index contributed by atoms with van der Waals surface area (Å²) in [4.78, 5) is 25.6. The van der Waals surface area contributed by atoms with E-state index in [1.54, 1.807) is 0 Å². The maximum Gasteiger partial charge on any atom is 0.160 e. The monoisotopic (exact) mass is 302 g/mol. The molecule has 22 heavy (non-hydrogen) atoms. The molecular formula is C20H30O2. The van der Waals surface area contributed by atoms with Crippen molar-refractivity contribution in [2.24, 2.45) is 28.1 Å². The number of carbonyl (C=O) groups excluding carboxylic acids is 2. The van der Waals surface area contributed by atoms with E-state index in [-0.39, 0.29) is 22.5 Å². The largest absolute Gasteiger partial charge is 0.299 e. The lowest BCUT2D eigenvalue weighted by Crippen LogP contribution is -2.57. The SMILES string of the molecule is CC(C)C1=C[C@]2(CC1=O)C(=O)CC[C@H]1C(C)(C)CCC[C@@]12C. The molecule has 2 saturated carbocycles. The van der Waals surface area contributed by atoms with Crippen molar-refractivity contribution in [3.05, 3.63) is 11.6 Å². The number of Topliss-reactive ketones (excluding diaryl/α,β-unsaturated/α-hetero) is 2. The number of ketones is 2. The van der Waals surface area contributed by atoms with Gasteiger partial charge in [0.2, 0.25) is 0 Å². The second-order valence-electron chi connectivity index (χ2n) is 9.10. The average molecular weight is 302 g/mol. The zero-order valence-corrected chi connectivity index (χ0v) is 14.8. The Balaban J connectivity index is 2.13. The van der Waals surface area contributed by atoms with Crippen LogP contribution in [0.3, 0.4) is 0 Å². The summed E-state index contributed by atoms with van der Waals surface area (Å²) in [5.41, 5.74) is 0.623. The lowest BCUT2D eigenvalue weighted by molar-refractivity contribution is -0.156. The van der Waals surface area contributed by atoms with Crippen LogP contribution in [-0.4, -0.2) is 11.6 Å². The number of fused-ring (bicyclic) bond motifs is 2. The van der Waals surface area contributed by atoms with Crippen LogP contribution < -0.4 is 0 Å². The molecule has 0 radical (unpaired) electrons. The van der Waals surface area contributed by atoms with E-state index >= 15 is 0 Å². The smallest absolute Gasteiger partial charge is 0.160 e. The molecule has 3 atom stereocenters. The predicted octanol–water partition coefficient (Wildman–Crippen LogP) is 4.72. The van der Waals surface area contributed by atoms with Crippen LogP contribution >= 0.6 is 0 Å². The van der Waals surface area contributed by atoms with Crippen LogP contribution in [0.4, 0.5) is 0 Å². The van der Waals surface area contributed by atoms with Gasteiger partial charge in [-0.05, 0) is 47.5 Å². The third-order valence-electron chi connectivity index (χ3n) is 7.19. The van der Waals surface area contributed by atoms with Crippen LogP contribution in [-0.2, 0) is 9.59 Å². The van der Waals surface area contributed by atoms with Crippen molar-refractivity contribution < 1.29 is 9.59 Å². The first kappa shape index (κ1) is 16.0. The van der Waals surface area contributed by atoms with Crippen molar-refractivity contribution in [2.45, 2.75) is 73.1 Å². The molecule has 0 amide bonds. The van der Waals surface area contributed by atoms with Crippen LogP contribution in [0.25, 0.3) is 0 Å². The van der Waals surface area contributed by atoms with Crippen molar-refractivity contribution >= 4 is 11.6 Å². The van der Waals surface area contributed by atoms with Gasteiger partial charge in [0.1, 0.15) is 5.78 Å². The topological polar surface area (TPSA) is 34.1 Å². The minimum atomic E-state index is -0.510. The third-order valence-corrected chi connectivity index (χ3v) is 7.19. The predicted molar refractivity (Wildman–Crippen MR) is 88.4 cm³/mol. The Morgan fingerprint density at radius 3 is 2.41 bits per heavy atom. The highest BCUT2D eigenvalue weighted by Crippen LogP contribution is 2.66. The highest BCUT2D eigenvalue weighted by molar-refractivity contribution is 6.06. The van der Waals surface area contributed by atoms with Crippen molar-refractivity contribution in [3.8, 4) is 0 Å². The van der Waals surface area contributed by atoms with Crippen LogP contribution in [0.2, 0.25) is 0 Å². The quantitative estimate of drug-likeness (QED) is 0.702. The fourth-order valence-corrected chi connectivity index (χ4v) is 5.97. The summed E-state index contributed by atoms with van der Waals surface area (Å²) in [5, 5.41) is 0. The summed E-state index contributed by atoms with van der Waals surface area (Å²) >= 11 is 0. The average Bonchev–Trinajstić information content (AvgIpc) is 2.75. The van der Waals surface area contributed by atoms with Crippen LogP contribution in [0.15, 0.2) is 11.6 Å². The molecule has 0 heterocycles. The molecule has 0 aromatic rings. The molecule has 0 bridgehead atoms. The van der Waals surface area contributed by atoms with Gasteiger partial charge in [-0.1, -0.05) is 47.1 Å². The fourth-order valence-electron chi connectivity index (χ4n) is 5.97. The molecule has 0 aromatic heterocycles. The first-order valence-corrected chi connectivity index (χ1v) is 8.93. The minimum absolute atomic E-state index is 0.0453.